The zero-order valence-electron chi connectivity index (χ0n) is 13.9. The molecule has 134 valence electrons. The van der Waals surface area contributed by atoms with Crippen LogP contribution in [0.25, 0.3) is 11.1 Å². The van der Waals surface area contributed by atoms with Crippen molar-refractivity contribution in [3.05, 3.63) is 77.0 Å². The number of amides is 1. The van der Waals surface area contributed by atoms with E-state index in [0.29, 0.717) is 5.56 Å². The average Bonchev–Trinajstić information content (AvgIpc) is 3.21. The molecule has 0 saturated heterocycles. The van der Waals surface area contributed by atoms with E-state index in [1.54, 1.807) is 35.6 Å². The Labute approximate surface area is 157 Å². The van der Waals surface area contributed by atoms with E-state index < -0.39 is 10.4 Å². The van der Waals surface area contributed by atoms with Gasteiger partial charge in [-0.25, -0.2) is 0 Å². The third-order valence-corrected chi connectivity index (χ3v) is 5.90. The van der Waals surface area contributed by atoms with Crippen LogP contribution in [0.5, 0.6) is 0 Å². The van der Waals surface area contributed by atoms with Crippen molar-refractivity contribution in [1.29, 1.82) is 0 Å². The summed E-state index contributed by atoms with van der Waals surface area (Å²) in [6.45, 7) is 0.320. The first-order valence-electron chi connectivity index (χ1n) is 8.02. The number of carbonyl (C=O) groups is 1. The van der Waals surface area contributed by atoms with Gasteiger partial charge in [0.2, 0.25) is 0 Å². The Morgan fingerprint density at radius 2 is 1.81 bits per heavy atom. The fraction of sp³-hybridized carbons (Fsp3) is 0.105. The maximum absolute atomic E-state index is 12.3. The quantitative estimate of drug-likeness (QED) is 0.483. The average molecular weight is 386 g/mol. The summed E-state index contributed by atoms with van der Waals surface area (Å²) in [5.41, 5.74) is 2.59. The van der Waals surface area contributed by atoms with Gasteiger partial charge in [-0.1, -0.05) is 34.5 Å². The fourth-order valence-electron chi connectivity index (χ4n) is 2.42. The predicted octanol–water partition coefficient (Wildman–Crippen LogP) is 3.34. The Balaban J connectivity index is 1.53. The highest BCUT2D eigenvalue weighted by molar-refractivity contribution is 7.95. The topological polar surface area (TPSA) is 81.3 Å². The van der Waals surface area contributed by atoms with Crippen molar-refractivity contribution in [1.82, 2.24) is 10.0 Å². The van der Waals surface area contributed by atoms with Crippen molar-refractivity contribution in [2.75, 3.05) is 13.1 Å². The summed E-state index contributed by atoms with van der Waals surface area (Å²) in [4.78, 5) is 12.5. The Morgan fingerprint density at radius 1 is 1.00 bits per heavy atom. The standard InChI is InChI=1S/C19H18N2O3S2/c22-19(16-6-4-5-15(13-16)17-9-12-25-14-17)20-10-11-21-26(23,24)18-7-2-1-3-8-18/h1-9,12-14H,10-11H2,(H2-,20,21,22,23,24). The Hall–Kier alpha value is -2.32. The largest absolute Gasteiger partial charge is 0.593 e. The van der Waals surface area contributed by atoms with Gasteiger partial charge in [0.25, 0.3) is 5.91 Å². The van der Waals surface area contributed by atoms with Gasteiger partial charge in [0, 0.05) is 12.1 Å². The van der Waals surface area contributed by atoms with Crippen LogP contribution in [0.15, 0.2) is 76.3 Å². The second-order valence-corrected chi connectivity index (χ2v) is 8.11. The van der Waals surface area contributed by atoms with Gasteiger partial charge in [-0.05, 0) is 52.2 Å². The van der Waals surface area contributed by atoms with Gasteiger partial charge in [0.15, 0.2) is 15.3 Å². The van der Waals surface area contributed by atoms with Gasteiger partial charge in [-0.15, -0.1) is 4.72 Å². The summed E-state index contributed by atoms with van der Waals surface area (Å²) in [6.07, 6.45) is 0. The number of nitrogens with one attached hydrogen (secondary N) is 2. The van der Waals surface area contributed by atoms with Gasteiger partial charge in [-0.3, -0.25) is 4.79 Å². The molecule has 2 N–H and O–H groups in total. The van der Waals surface area contributed by atoms with Crippen LogP contribution in [-0.4, -0.2) is 23.5 Å². The van der Waals surface area contributed by atoms with E-state index >= 15 is 0 Å². The summed E-state index contributed by atoms with van der Waals surface area (Å²) in [5.74, 6) is -0.235. The zero-order valence-corrected chi connectivity index (χ0v) is 15.5. The van der Waals surface area contributed by atoms with E-state index in [9.17, 15) is 13.6 Å². The molecule has 0 spiro atoms. The first-order chi connectivity index (χ1) is 12.6. The monoisotopic (exact) mass is 386 g/mol. The van der Waals surface area contributed by atoms with Gasteiger partial charge in [0.1, 0.15) is 0 Å². The van der Waals surface area contributed by atoms with Crippen LogP contribution in [0.3, 0.4) is 0 Å². The summed E-state index contributed by atoms with van der Waals surface area (Å²) in [6, 6.07) is 17.5. The van der Waals surface area contributed by atoms with Gasteiger partial charge >= 0.3 is 0 Å². The first-order valence-corrected chi connectivity index (χ1v) is 10.4. The maximum atomic E-state index is 12.3. The van der Waals surface area contributed by atoms with E-state index in [1.165, 1.54) is 12.1 Å². The summed E-state index contributed by atoms with van der Waals surface area (Å²) in [5, 5.41) is 6.74. The number of rotatable bonds is 7. The van der Waals surface area contributed by atoms with Crippen molar-refractivity contribution in [3.63, 3.8) is 0 Å². The fourth-order valence-corrected chi connectivity index (χ4v) is 4.13. The Bertz CT molecular complexity index is 912. The summed E-state index contributed by atoms with van der Waals surface area (Å²) < 4.78 is 26.7. The molecule has 1 aromatic heterocycles. The molecule has 0 bridgehead atoms. The van der Waals surface area contributed by atoms with Crippen LogP contribution in [0, 0.1) is 0 Å². The number of benzene rings is 2. The Morgan fingerprint density at radius 3 is 2.54 bits per heavy atom. The van der Waals surface area contributed by atoms with E-state index in [0.717, 1.165) is 11.1 Å². The Kier molecular flexibility index (Phi) is 5.95. The van der Waals surface area contributed by atoms with Crippen molar-refractivity contribution in [2.24, 2.45) is 0 Å². The summed E-state index contributed by atoms with van der Waals surface area (Å²) in [7, 11) is -3.56. The normalized spacial score (nSPS) is 13.1. The molecule has 0 aliphatic rings. The molecule has 1 unspecified atom stereocenters. The third-order valence-electron chi connectivity index (χ3n) is 3.74. The van der Waals surface area contributed by atoms with Gasteiger partial charge in [-0.2, -0.15) is 11.3 Å². The summed E-state index contributed by atoms with van der Waals surface area (Å²) >= 11 is 1.60. The van der Waals surface area contributed by atoms with Gasteiger partial charge < -0.3 is 9.87 Å². The molecule has 26 heavy (non-hydrogen) atoms. The number of thiophene rings is 1. The molecule has 1 atom stereocenters. The van der Waals surface area contributed by atoms with Crippen LogP contribution in [0.2, 0.25) is 0 Å². The van der Waals surface area contributed by atoms with Crippen LogP contribution < -0.4 is 10.0 Å². The molecule has 3 aromatic rings. The van der Waals surface area contributed by atoms with E-state index in [1.807, 2.05) is 35.0 Å². The minimum atomic E-state index is -3.56. The molecular weight excluding hydrogens is 368 g/mol. The highest BCUT2D eigenvalue weighted by atomic mass is 32.3. The number of carbonyl (C=O) groups excluding carboxylic acids is 1. The lowest BCUT2D eigenvalue weighted by Crippen LogP contribution is -2.37. The lowest BCUT2D eigenvalue weighted by molar-refractivity contribution is 0.0954. The molecule has 0 saturated carbocycles. The number of hydrogen-bond acceptors (Lipinski definition) is 4. The third kappa shape index (κ3) is 4.64. The van der Waals surface area contributed by atoms with Crippen LogP contribution in [0.1, 0.15) is 10.4 Å². The number of sulfonamides is 1. The van der Waals surface area contributed by atoms with Crippen molar-refractivity contribution >= 4 is 27.6 Å². The molecule has 1 amide bonds. The molecule has 0 aliphatic carbocycles. The van der Waals surface area contributed by atoms with Crippen molar-refractivity contribution in [3.8, 4) is 11.1 Å². The predicted molar refractivity (Wildman–Crippen MR) is 104 cm³/mol. The van der Waals surface area contributed by atoms with Crippen molar-refractivity contribution < 1.29 is 13.6 Å². The molecule has 0 radical (unpaired) electrons. The van der Waals surface area contributed by atoms with E-state index in [-0.39, 0.29) is 23.9 Å². The first kappa shape index (κ1) is 18.5. The molecule has 0 fully saturated rings. The van der Waals surface area contributed by atoms with Crippen molar-refractivity contribution in [2.45, 2.75) is 4.90 Å². The smallest absolute Gasteiger partial charge is 0.251 e. The number of hydrogen-bond donors (Lipinski definition) is 2. The molecule has 0 aliphatic heterocycles. The lowest BCUT2D eigenvalue weighted by atomic mass is 10.1. The van der Waals surface area contributed by atoms with Gasteiger partial charge in [0.05, 0.1) is 6.54 Å². The van der Waals surface area contributed by atoms with E-state index in [2.05, 4.69) is 10.0 Å². The molecule has 2 aromatic carbocycles. The molecule has 1 heterocycles. The molecular formula is C19H18N2O3S2. The van der Waals surface area contributed by atoms with E-state index in [4.69, 9.17) is 0 Å². The minimum absolute atomic E-state index is 0.118. The zero-order chi connectivity index (χ0) is 18.4. The second-order valence-electron chi connectivity index (χ2n) is 5.56. The molecule has 7 heteroatoms. The van der Waals surface area contributed by atoms with Crippen LogP contribution in [-0.2, 0) is 14.6 Å². The molecule has 3 rings (SSSR count). The lowest BCUT2D eigenvalue weighted by Gasteiger charge is -2.15. The van der Waals surface area contributed by atoms with Crippen LogP contribution in [0.4, 0.5) is 0 Å². The highest BCUT2D eigenvalue weighted by Gasteiger charge is 2.18. The second kappa shape index (κ2) is 8.37. The molecule has 5 nitrogen and oxygen atoms in total. The maximum Gasteiger partial charge on any atom is 0.251 e. The minimum Gasteiger partial charge on any atom is -0.593 e. The van der Waals surface area contributed by atoms with Crippen LogP contribution >= 0.6 is 11.3 Å². The SMILES string of the molecule is O=C(NCCN[S+](=O)([O-])c1ccccc1)c1cccc(-c2ccsc2)c1. The highest BCUT2D eigenvalue weighted by Crippen LogP contribution is 2.22.